The van der Waals surface area contributed by atoms with Crippen molar-refractivity contribution in [2.75, 3.05) is 13.6 Å². The summed E-state index contributed by atoms with van der Waals surface area (Å²) in [4.78, 5) is 24.9. The van der Waals surface area contributed by atoms with E-state index in [2.05, 4.69) is 40.1 Å². The highest BCUT2D eigenvalue weighted by atomic mass is 79.9. The highest BCUT2D eigenvalue weighted by Gasteiger charge is 2.25. The van der Waals surface area contributed by atoms with Crippen molar-refractivity contribution >= 4 is 27.5 Å². The monoisotopic (exact) mass is 355 g/mol. The molecule has 2 unspecified atom stereocenters. The molecule has 7 heteroatoms. The average molecular weight is 356 g/mol. The normalized spacial score (nSPS) is 22.8. The Morgan fingerprint density at radius 2 is 2.24 bits per heavy atom. The number of halogens is 1. The molecule has 1 saturated heterocycles. The van der Waals surface area contributed by atoms with Crippen molar-refractivity contribution in [3.8, 4) is 0 Å². The number of hydrogen-bond donors (Lipinski definition) is 1. The molecule has 1 fully saturated rings. The molecule has 0 spiro atoms. The summed E-state index contributed by atoms with van der Waals surface area (Å²) >= 11 is 3.11. The number of hydrogen-bond acceptors (Lipinski definition) is 4. The highest BCUT2D eigenvalue weighted by molar-refractivity contribution is 9.10. The van der Waals surface area contributed by atoms with Crippen molar-refractivity contribution < 1.29 is 9.72 Å². The zero-order valence-corrected chi connectivity index (χ0v) is 13.6. The summed E-state index contributed by atoms with van der Waals surface area (Å²) in [6.07, 6.45) is 1.78. The molecule has 0 aliphatic carbocycles. The first-order chi connectivity index (χ1) is 9.88. The lowest BCUT2D eigenvalue weighted by molar-refractivity contribution is -0.385. The van der Waals surface area contributed by atoms with Gasteiger partial charge in [0.05, 0.1) is 9.40 Å². The Labute approximate surface area is 131 Å². The number of nitro groups is 1. The number of carbonyl (C=O) groups is 1. The molecule has 1 aliphatic heterocycles. The Hall–Kier alpha value is -1.47. The highest BCUT2D eigenvalue weighted by Crippen LogP contribution is 2.26. The van der Waals surface area contributed by atoms with Crippen LogP contribution in [0.15, 0.2) is 22.7 Å². The topological polar surface area (TPSA) is 75.5 Å². The third-order valence-electron chi connectivity index (χ3n) is 3.95. The van der Waals surface area contributed by atoms with Gasteiger partial charge in [0.15, 0.2) is 0 Å². The Bertz CT molecular complexity index is 564. The van der Waals surface area contributed by atoms with E-state index in [4.69, 9.17) is 0 Å². The van der Waals surface area contributed by atoms with Crippen LogP contribution in [0.5, 0.6) is 0 Å². The molecule has 1 aliphatic rings. The van der Waals surface area contributed by atoms with Gasteiger partial charge in [-0.15, -0.1) is 0 Å². The van der Waals surface area contributed by atoms with E-state index in [-0.39, 0.29) is 17.6 Å². The lowest BCUT2D eigenvalue weighted by Gasteiger charge is -2.35. The number of benzene rings is 1. The lowest BCUT2D eigenvalue weighted by Crippen LogP contribution is -2.47. The molecule has 114 valence electrons. The minimum Gasteiger partial charge on any atom is -0.349 e. The molecule has 6 nitrogen and oxygen atoms in total. The van der Waals surface area contributed by atoms with Crippen LogP contribution in [0.3, 0.4) is 0 Å². The van der Waals surface area contributed by atoms with Crippen LogP contribution in [0.25, 0.3) is 0 Å². The number of nitrogens with one attached hydrogen (secondary N) is 1. The number of piperidine rings is 1. The third-order valence-corrected chi connectivity index (χ3v) is 4.62. The molecular formula is C14H18BrN3O3. The zero-order valence-electron chi connectivity index (χ0n) is 12.0. The molecule has 0 saturated carbocycles. The molecule has 1 N–H and O–H groups in total. The Morgan fingerprint density at radius 1 is 1.52 bits per heavy atom. The smallest absolute Gasteiger partial charge is 0.284 e. The van der Waals surface area contributed by atoms with Crippen molar-refractivity contribution in [1.82, 2.24) is 10.2 Å². The molecule has 2 atom stereocenters. The van der Waals surface area contributed by atoms with Crippen LogP contribution >= 0.6 is 15.9 Å². The molecule has 2 rings (SSSR count). The molecule has 1 amide bonds. The van der Waals surface area contributed by atoms with E-state index in [0.29, 0.717) is 16.1 Å². The van der Waals surface area contributed by atoms with Crippen molar-refractivity contribution in [2.45, 2.75) is 31.8 Å². The maximum atomic E-state index is 12.2. The Kier molecular flexibility index (Phi) is 4.95. The van der Waals surface area contributed by atoms with E-state index in [9.17, 15) is 14.9 Å². The molecule has 1 aromatic carbocycles. The van der Waals surface area contributed by atoms with Crippen LogP contribution in [-0.4, -0.2) is 41.4 Å². The second-order valence-corrected chi connectivity index (χ2v) is 6.30. The second kappa shape index (κ2) is 6.53. The zero-order chi connectivity index (χ0) is 15.6. The second-order valence-electron chi connectivity index (χ2n) is 5.45. The third kappa shape index (κ3) is 3.79. The van der Waals surface area contributed by atoms with Crippen molar-refractivity contribution in [3.05, 3.63) is 38.3 Å². The summed E-state index contributed by atoms with van der Waals surface area (Å²) in [7, 11) is 2.07. The number of carbonyl (C=O) groups excluding carboxylic acids is 1. The van der Waals surface area contributed by atoms with Gasteiger partial charge in [-0.3, -0.25) is 14.9 Å². The van der Waals surface area contributed by atoms with Crippen molar-refractivity contribution in [1.29, 1.82) is 0 Å². The van der Waals surface area contributed by atoms with Gasteiger partial charge < -0.3 is 10.2 Å². The number of likely N-dealkylation sites (tertiary alicyclic amines) is 1. The van der Waals surface area contributed by atoms with E-state index < -0.39 is 4.92 Å². The van der Waals surface area contributed by atoms with Crippen LogP contribution in [0.1, 0.15) is 30.1 Å². The lowest BCUT2D eigenvalue weighted by atomic mass is 9.98. The van der Waals surface area contributed by atoms with Crippen LogP contribution in [0, 0.1) is 10.1 Å². The molecule has 21 heavy (non-hydrogen) atoms. The fourth-order valence-corrected chi connectivity index (χ4v) is 2.87. The number of amides is 1. The van der Waals surface area contributed by atoms with Gasteiger partial charge in [-0.1, -0.05) is 0 Å². The number of nitro benzene ring substituents is 1. The molecule has 0 radical (unpaired) electrons. The molecular weight excluding hydrogens is 338 g/mol. The van der Waals surface area contributed by atoms with E-state index in [1.54, 1.807) is 6.07 Å². The summed E-state index contributed by atoms with van der Waals surface area (Å²) in [5.41, 5.74) is 0.218. The van der Waals surface area contributed by atoms with Crippen LogP contribution in [0.4, 0.5) is 5.69 Å². The predicted molar refractivity (Wildman–Crippen MR) is 83.4 cm³/mol. The van der Waals surface area contributed by atoms with E-state index in [1.807, 2.05) is 0 Å². The Balaban J connectivity index is 2.07. The first-order valence-corrected chi connectivity index (χ1v) is 7.63. The molecule has 1 aromatic rings. The van der Waals surface area contributed by atoms with Crippen molar-refractivity contribution in [2.24, 2.45) is 0 Å². The van der Waals surface area contributed by atoms with Crippen LogP contribution in [-0.2, 0) is 0 Å². The summed E-state index contributed by atoms with van der Waals surface area (Å²) in [5.74, 6) is -0.257. The van der Waals surface area contributed by atoms with E-state index in [1.165, 1.54) is 12.1 Å². The van der Waals surface area contributed by atoms with Crippen LogP contribution in [0.2, 0.25) is 0 Å². The average Bonchev–Trinajstić information content (AvgIpc) is 2.43. The largest absolute Gasteiger partial charge is 0.349 e. The summed E-state index contributed by atoms with van der Waals surface area (Å²) < 4.78 is 0.372. The number of rotatable bonds is 3. The SMILES string of the molecule is CC1CC(NC(=O)c2ccc(Br)c([N+](=O)[O-])c2)CCN1C. The van der Waals surface area contributed by atoms with Gasteiger partial charge in [-0.2, -0.15) is 0 Å². The van der Waals surface area contributed by atoms with E-state index in [0.717, 1.165) is 19.4 Å². The maximum Gasteiger partial charge on any atom is 0.284 e. The van der Waals surface area contributed by atoms with Gasteiger partial charge in [0.2, 0.25) is 0 Å². The summed E-state index contributed by atoms with van der Waals surface area (Å²) in [5, 5.41) is 13.9. The van der Waals surface area contributed by atoms with Gasteiger partial charge in [0, 0.05) is 30.3 Å². The summed E-state index contributed by atoms with van der Waals surface area (Å²) in [6, 6.07) is 4.96. The maximum absolute atomic E-state index is 12.2. The van der Waals surface area contributed by atoms with Crippen LogP contribution < -0.4 is 5.32 Å². The standard InChI is InChI=1S/C14H18BrN3O3/c1-9-7-11(5-6-17(9)2)16-14(19)10-3-4-12(15)13(8-10)18(20)21/h3-4,8-9,11H,5-7H2,1-2H3,(H,16,19). The van der Waals surface area contributed by atoms with E-state index >= 15 is 0 Å². The molecule has 1 heterocycles. The fraction of sp³-hybridized carbons (Fsp3) is 0.500. The van der Waals surface area contributed by atoms with Gasteiger partial charge in [-0.05, 0) is 54.9 Å². The minimum absolute atomic E-state index is 0.0978. The van der Waals surface area contributed by atoms with Gasteiger partial charge in [0.1, 0.15) is 0 Å². The predicted octanol–water partition coefficient (Wildman–Crippen LogP) is 2.57. The first-order valence-electron chi connectivity index (χ1n) is 6.83. The van der Waals surface area contributed by atoms with Crippen molar-refractivity contribution in [3.63, 3.8) is 0 Å². The summed E-state index contributed by atoms with van der Waals surface area (Å²) in [6.45, 7) is 3.06. The molecule has 0 aromatic heterocycles. The molecule has 0 bridgehead atoms. The van der Waals surface area contributed by atoms with Gasteiger partial charge in [-0.25, -0.2) is 0 Å². The van der Waals surface area contributed by atoms with Gasteiger partial charge in [0.25, 0.3) is 11.6 Å². The minimum atomic E-state index is -0.501. The first kappa shape index (κ1) is 15.9. The quantitative estimate of drug-likeness (QED) is 0.667. The number of nitrogens with zero attached hydrogens (tertiary/aromatic N) is 2. The van der Waals surface area contributed by atoms with Gasteiger partial charge >= 0.3 is 0 Å². The Morgan fingerprint density at radius 3 is 2.86 bits per heavy atom. The fourth-order valence-electron chi connectivity index (χ4n) is 2.48.